The monoisotopic (exact) mass is 479 g/mol. The Morgan fingerprint density at radius 2 is 1.67 bits per heavy atom. The van der Waals surface area contributed by atoms with Gasteiger partial charge in [-0.05, 0) is 55.2 Å². The highest BCUT2D eigenvalue weighted by Gasteiger charge is 2.31. The molecule has 0 aliphatic heterocycles. The summed E-state index contributed by atoms with van der Waals surface area (Å²) in [7, 11) is -4.00. The van der Waals surface area contributed by atoms with Crippen LogP contribution in [0.25, 0.3) is 10.2 Å². The van der Waals surface area contributed by atoms with Crippen LogP contribution in [0.3, 0.4) is 0 Å². The lowest BCUT2D eigenvalue weighted by atomic mass is 10.0. The highest BCUT2D eigenvalue weighted by Crippen LogP contribution is 2.29. The normalized spacial score (nSPS) is 12.7. The molecule has 0 aliphatic carbocycles. The fourth-order valence-corrected chi connectivity index (χ4v) is 6.60. The number of aromatic nitrogens is 1. The molecule has 6 nitrogen and oxygen atoms in total. The maximum atomic E-state index is 13.6. The van der Waals surface area contributed by atoms with E-state index in [1.54, 1.807) is 38.1 Å². The summed E-state index contributed by atoms with van der Waals surface area (Å²) in [5.41, 5.74) is 10.1. The lowest BCUT2D eigenvalue weighted by Crippen LogP contribution is -2.34. The van der Waals surface area contributed by atoms with Gasteiger partial charge in [0, 0.05) is 6.54 Å². The summed E-state index contributed by atoms with van der Waals surface area (Å²) < 4.78 is 30.5. The third-order valence-corrected chi connectivity index (χ3v) is 8.24. The minimum atomic E-state index is -4.00. The molecule has 0 amide bonds. The topological polar surface area (TPSA) is 102 Å². The van der Waals surface area contributed by atoms with Crippen LogP contribution in [0.1, 0.15) is 43.7 Å². The Kier molecular flexibility index (Phi) is 6.45. The van der Waals surface area contributed by atoms with Gasteiger partial charge in [-0.2, -0.15) is 4.72 Å². The molecule has 1 heterocycles. The van der Waals surface area contributed by atoms with Crippen LogP contribution >= 0.6 is 11.3 Å². The van der Waals surface area contributed by atoms with Gasteiger partial charge in [-0.15, -0.1) is 11.3 Å². The molecule has 0 saturated heterocycles. The number of nitrogens with one attached hydrogen (secondary N) is 1. The maximum absolute atomic E-state index is 13.6. The van der Waals surface area contributed by atoms with Crippen LogP contribution in [0.4, 0.5) is 0 Å². The van der Waals surface area contributed by atoms with Crippen molar-refractivity contribution in [2.45, 2.75) is 38.3 Å². The Balaban J connectivity index is 1.79. The van der Waals surface area contributed by atoms with Crippen molar-refractivity contribution in [3.05, 3.63) is 93.5 Å². The van der Waals surface area contributed by atoms with Gasteiger partial charge < -0.3 is 5.73 Å². The Hall–Kier alpha value is -2.91. The standard InChI is InChI=1S/C25H25N3O3S2/c1-15-12-16(2)24(17(3)13-15)33(30,31)28-22(19-10-8-18(14-26)9-11-19)23(29)25-27-20-6-4-5-7-21(20)32-25/h4-13,22,28H,14,26H2,1-3H3. The van der Waals surface area contributed by atoms with Crippen molar-refractivity contribution in [2.24, 2.45) is 5.73 Å². The van der Waals surface area contributed by atoms with E-state index in [-0.39, 0.29) is 9.90 Å². The summed E-state index contributed by atoms with van der Waals surface area (Å²) in [6, 6.07) is 17.0. The highest BCUT2D eigenvalue weighted by atomic mass is 32.2. The number of rotatable bonds is 7. The van der Waals surface area contributed by atoms with Crippen molar-refractivity contribution in [3.8, 4) is 0 Å². The number of carbonyl (C=O) groups is 1. The molecule has 0 spiro atoms. The molecule has 1 unspecified atom stereocenters. The van der Waals surface area contributed by atoms with E-state index in [1.165, 1.54) is 11.3 Å². The number of thiazole rings is 1. The summed E-state index contributed by atoms with van der Waals surface area (Å²) in [5.74, 6) is -0.400. The average molecular weight is 480 g/mol. The zero-order valence-electron chi connectivity index (χ0n) is 18.6. The number of sulfonamides is 1. The number of fused-ring (bicyclic) bond motifs is 1. The fourth-order valence-electron chi connectivity index (χ4n) is 4.02. The second kappa shape index (κ2) is 9.15. The second-order valence-corrected chi connectivity index (χ2v) is 10.8. The van der Waals surface area contributed by atoms with Gasteiger partial charge in [-0.25, -0.2) is 13.4 Å². The molecule has 0 saturated carbocycles. The number of hydrogen-bond donors (Lipinski definition) is 2. The molecule has 3 N–H and O–H groups in total. The maximum Gasteiger partial charge on any atom is 0.242 e. The minimum Gasteiger partial charge on any atom is -0.326 e. The fraction of sp³-hybridized carbons (Fsp3) is 0.200. The van der Waals surface area contributed by atoms with Crippen LogP contribution in [0.15, 0.2) is 65.6 Å². The Labute approximate surface area is 197 Å². The van der Waals surface area contributed by atoms with E-state index in [0.717, 1.165) is 15.8 Å². The smallest absolute Gasteiger partial charge is 0.242 e. The van der Waals surface area contributed by atoms with Gasteiger partial charge in [-0.3, -0.25) is 4.79 Å². The van der Waals surface area contributed by atoms with Crippen molar-refractivity contribution in [2.75, 3.05) is 0 Å². The Bertz CT molecular complexity index is 1390. The summed E-state index contributed by atoms with van der Waals surface area (Å²) in [4.78, 5) is 18.2. The lowest BCUT2D eigenvalue weighted by molar-refractivity contribution is 0.0953. The quantitative estimate of drug-likeness (QED) is 0.378. The molecular weight excluding hydrogens is 454 g/mol. The van der Waals surface area contributed by atoms with E-state index in [0.29, 0.717) is 28.8 Å². The van der Waals surface area contributed by atoms with Crippen LogP contribution in [-0.4, -0.2) is 19.2 Å². The molecule has 8 heteroatoms. The molecule has 0 radical (unpaired) electrons. The Morgan fingerprint density at radius 3 is 2.27 bits per heavy atom. The molecule has 170 valence electrons. The van der Waals surface area contributed by atoms with Crippen molar-refractivity contribution in [3.63, 3.8) is 0 Å². The van der Waals surface area contributed by atoms with Crippen LogP contribution in [0.5, 0.6) is 0 Å². The zero-order valence-corrected chi connectivity index (χ0v) is 20.3. The SMILES string of the molecule is Cc1cc(C)c(S(=O)(=O)NC(C(=O)c2nc3ccccc3s2)c2ccc(CN)cc2)c(C)c1. The van der Waals surface area contributed by atoms with Crippen LogP contribution in [0.2, 0.25) is 0 Å². The number of nitrogens with two attached hydrogens (primary N) is 1. The minimum absolute atomic E-state index is 0.189. The van der Waals surface area contributed by atoms with Gasteiger partial charge in [0.25, 0.3) is 0 Å². The molecule has 33 heavy (non-hydrogen) atoms. The van der Waals surface area contributed by atoms with Crippen LogP contribution in [-0.2, 0) is 16.6 Å². The molecule has 0 fully saturated rings. The first-order chi connectivity index (χ1) is 15.7. The molecule has 4 rings (SSSR count). The third-order valence-electron chi connectivity index (χ3n) is 5.46. The van der Waals surface area contributed by atoms with Crippen LogP contribution in [0, 0.1) is 20.8 Å². The molecule has 0 aliphatic rings. The zero-order chi connectivity index (χ0) is 23.8. The first kappa shape index (κ1) is 23.3. The number of carbonyl (C=O) groups excluding carboxylic acids is 1. The van der Waals surface area contributed by atoms with Crippen molar-refractivity contribution in [1.29, 1.82) is 0 Å². The average Bonchev–Trinajstić information content (AvgIpc) is 3.20. The Morgan fingerprint density at radius 1 is 1.03 bits per heavy atom. The predicted octanol–water partition coefficient (Wildman–Crippen LogP) is 4.58. The number of hydrogen-bond acceptors (Lipinski definition) is 6. The molecule has 1 atom stereocenters. The van der Waals surface area contributed by atoms with Gasteiger partial charge in [-0.1, -0.05) is 54.1 Å². The highest BCUT2D eigenvalue weighted by molar-refractivity contribution is 7.89. The molecule has 0 bridgehead atoms. The van der Waals surface area contributed by atoms with E-state index in [1.807, 2.05) is 43.3 Å². The molecule has 1 aromatic heterocycles. The van der Waals surface area contributed by atoms with Crippen molar-refractivity contribution >= 4 is 37.4 Å². The first-order valence-corrected chi connectivity index (χ1v) is 12.8. The largest absolute Gasteiger partial charge is 0.326 e. The van der Waals surface area contributed by atoms with Gasteiger partial charge in [0.1, 0.15) is 6.04 Å². The van der Waals surface area contributed by atoms with Crippen molar-refractivity contribution < 1.29 is 13.2 Å². The van der Waals surface area contributed by atoms with Gasteiger partial charge in [0.2, 0.25) is 15.8 Å². The van der Waals surface area contributed by atoms with Crippen molar-refractivity contribution in [1.82, 2.24) is 9.71 Å². The number of para-hydroxylation sites is 1. The van der Waals surface area contributed by atoms with E-state index in [4.69, 9.17) is 5.73 Å². The summed E-state index contributed by atoms with van der Waals surface area (Å²) >= 11 is 1.25. The summed E-state index contributed by atoms with van der Waals surface area (Å²) in [6.07, 6.45) is 0. The first-order valence-electron chi connectivity index (χ1n) is 10.5. The summed E-state index contributed by atoms with van der Waals surface area (Å²) in [6.45, 7) is 5.79. The van der Waals surface area contributed by atoms with Gasteiger partial charge >= 0.3 is 0 Å². The molecular formula is C25H25N3O3S2. The predicted molar refractivity (Wildman–Crippen MR) is 132 cm³/mol. The van der Waals surface area contributed by atoms with Gasteiger partial charge in [0.15, 0.2) is 5.01 Å². The van der Waals surface area contributed by atoms with E-state index in [9.17, 15) is 13.2 Å². The third kappa shape index (κ3) is 4.74. The molecule has 4 aromatic rings. The van der Waals surface area contributed by atoms with Crippen LogP contribution < -0.4 is 10.5 Å². The summed E-state index contributed by atoms with van der Waals surface area (Å²) in [5, 5.41) is 0.254. The number of nitrogens with zero attached hydrogens (tertiary/aromatic N) is 1. The van der Waals surface area contributed by atoms with E-state index < -0.39 is 21.8 Å². The number of Topliss-reactive ketones (excluding diaryl/α,β-unsaturated/α-hetero) is 1. The van der Waals surface area contributed by atoms with E-state index >= 15 is 0 Å². The van der Waals surface area contributed by atoms with Gasteiger partial charge in [0.05, 0.1) is 15.1 Å². The number of ketones is 1. The van der Waals surface area contributed by atoms with E-state index in [2.05, 4.69) is 9.71 Å². The lowest BCUT2D eigenvalue weighted by Gasteiger charge is -2.20. The number of aryl methyl sites for hydroxylation is 3. The number of benzene rings is 3. The second-order valence-electron chi connectivity index (χ2n) is 8.08. The molecule has 3 aromatic carbocycles.